The number of ether oxygens (including phenoxy) is 1. The molecule has 1 N–H and O–H groups in total. The van der Waals surface area contributed by atoms with Crippen LogP contribution in [0.2, 0.25) is 0 Å². The van der Waals surface area contributed by atoms with Crippen molar-refractivity contribution in [3.8, 4) is 11.6 Å². The molecule has 186 valence electrons. The number of ketones is 1. The van der Waals surface area contributed by atoms with Gasteiger partial charge in [0.2, 0.25) is 0 Å². The standard InChI is InChI=1S/C25H23N9O3/c1-15-30-14-34(31-15)24-21-20(19(37-2)12-27-24)17(11-26-21)22(35)25(36)33-9-7-32(8-10-33)23-16-5-3-4-6-18(16)28-13-29-23/h3-6,11-14,26H,7-10H2,1-2H3. The average molecular weight is 498 g/mol. The number of anilines is 1. The number of carbonyl (C=O) groups excluding carboxylic acids is 2. The van der Waals surface area contributed by atoms with E-state index in [0.717, 1.165) is 16.7 Å². The summed E-state index contributed by atoms with van der Waals surface area (Å²) in [6.45, 7) is 3.67. The highest BCUT2D eigenvalue weighted by molar-refractivity contribution is 6.45. The number of benzene rings is 1. The molecule has 1 fully saturated rings. The molecule has 0 spiro atoms. The van der Waals surface area contributed by atoms with E-state index in [9.17, 15) is 9.59 Å². The zero-order chi connectivity index (χ0) is 25.5. The molecule has 12 heteroatoms. The van der Waals surface area contributed by atoms with E-state index in [4.69, 9.17) is 4.74 Å². The number of hydrogen-bond acceptors (Lipinski definition) is 9. The molecule has 1 aromatic carbocycles. The number of aryl methyl sites for hydroxylation is 1. The number of rotatable bonds is 5. The summed E-state index contributed by atoms with van der Waals surface area (Å²) in [6, 6.07) is 7.82. The number of amides is 1. The molecule has 0 bridgehead atoms. The molecule has 1 aliphatic heterocycles. The lowest BCUT2D eigenvalue weighted by Crippen LogP contribution is -2.51. The second-order valence-corrected chi connectivity index (χ2v) is 8.66. The molecule has 1 amide bonds. The second kappa shape index (κ2) is 8.97. The number of nitrogens with one attached hydrogen (secondary N) is 1. The van der Waals surface area contributed by atoms with Gasteiger partial charge in [-0.2, -0.15) is 5.10 Å². The summed E-state index contributed by atoms with van der Waals surface area (Å²) in [7, 11) is 1.49. The van der Waals surface area contributed by atoms with Crippen molar-refractivity contribution < 1.29 is 14.3 Å². The first-order valence-corrected chi connectivity index (χ1v) is 11.8. The fourth-order valence-corrected chi connectivity index (χ4v) is 4.68. The predicted octanol–water partition coefficient (Wildman–Crippen LogP) is 1.94. The third-order valence-electron chi connectivity index (χ3n) is 6.52. The van der Waals surface area contributed by atoms with Gasteiger partial charge in [0.15, 0.2) is 5.82 Å². The van der Waals surface area contributed by atoms with Crippen molar-refractivity contribution in [1.82, 2.24) is 39.6 Å². The van der Waals surface area contributed by atoms with Crippen LogP contribution in [0.5, 0.6) is 5.75 Å². The second-order valence-electron chi connectivity index (χ2n) is 8.66. The van der Waals surface area contributed by atoms with Crippen LogP contribution in [0.1, 0.15) is 16.2 Å². The van der Waals surface area contributed by atoms with Gasteiger partial charge in [0.25, 0.3) is 11.7 Å². The first kappa shape index (κ1) is 22.6. The molecule has 0 aliphatic carbocycles. The summed E-state index contributed by atoms with van der Waals surface area (Å²) in [5, 5.41) is 5.74. The summed E-state index contributed by atoms with van der Waals surface area (Å²) in [5.41, 5.74) is 1.62. The topological polar surface area (TPSA) is 135 Å². The minimum absolute atomic E-state index is 0.224. The molecule has 0 radical (unpaired) electrons. The lowest BCUT2D eigenvalue weighted by Gasteiger charge is -2.35. The number of nitrogens with zero attached hydrogens (tertiary/aromatic N) is 8. The van der Waals surface area contributed by atoms with Gasteiger partial charge in [-0.25, -0.2) is 24.6 Å². The number of hydrogen-bond donors (Lipinski definition) is 1. The zero-order valence-corrected chi connectivity index (χ0v) is 20.2. The number of para-hydroxylation sites is 1. The van der Waals surface area contributed by atoms with Gasteiger partial charge in [-0.1, -0.05) is 12.1 Å². The summed E-state index contributed by atoms with van der Waals surface area (Å²) in [5.74, 6) is 1.07. The molecule has 0 saturated carbocycles. The van der Waals surface area contributed by atoms with Gasteiger partial charge in [0.1, 0.15) is 30.0 Å². The number of aromatic nitrogens is 7. The molecule has 37 heavy (non-hydrogen) atoms. The molecular formula is C25H23N9O3. The van der Waals surface area contributed by atoms with Crippen LogP contribution in [0.25, 0.3) is 27.6 Å². The Balaban J connectivity index is 1.25. The number of pyridine rings is 1. The number of carbonyl (C=O) groups is 2. The summed E-state index contributed by atoms with van der Waals surface area (Å²) < 4.78 is 6.99. The van der Waals surface area contributed by atoms with E-state index >= 15 is 0 Å². The zero-order valence-electron chi connectivity index (χ0n) is 20.2. The SMILES string of the molecule is COc1cnc(-n2cnc(C)n2)c2[nH]cc(C(=O)C(=O)N3CCN(c4ncnc5ccccc45)CC3)c12. The van der Waals surface area contributed by atoms with Crippen molar-refractivity contribution in [2.45, 2.75) is 6.92 Å². The van der Waals surface area contributed by atoms with Gasteiger partial charge in [-0.05, 0) is 19.1 Å². The van der Waals surface area contributed by atoms with Crippen molar-refractivity contribution >= 4 is 39.3 Å². The van der Waals surface area contributed by atoms with E-state index in [2.05, 4.69) is 34.9 Å². The van der Waals surface area contributed by atoms with Crippen LogP contribution in [-0.2, 0) is 4.79 Å². The lowest BCUT2D eigenvalue weighted by molar-refractivity contribution is -0.126. The first-order valence-electron chi connectivity index (χ1n) is 11.8. The summed E-state index contributed by atoms with van der Waals surface area (Å²) >= 11 is 0. The molecule has 1 aliphatic rings. The highest BCUT2D eigenvalue weighted by Gasteiger charge is 2.31. The third kappa shape index (κ3) is 3.82. The smallest absolute Gasteiger partial charge is 0.295 e. The van der Waals surface area contributed by atoms with Gasteiger partial charge < -0.3 is 19.5 Å². The predicted molar refractivity (Wildman–Crippen MR) is 135 cm³/mol. The summed E-state index contributed by atoms with van der Waals surface area (Å²) in [6.07, 6.45) is 6.12. The van der Waals surface area contributed by atoms with Gasteiger partial charge in [0.05, 0.1) is 35.3 Å². The monoisotopic (exact) mass is 497 g/mol. The van der Waals surface area contributed by atoms with Crippen LogP contribution >= 0.6 is 0 Å². The molecule has 6 rings (SSSR count). The Labute approximate surface area is 210 Å². The number of fused-ring (bicyclic) bond motifs is 2. The molecule has 4 aromatic heterocycles. The average Bonchev–Trinajstić information content (AvgIpc) is 3.58. The fourth-order valence-electron chi connectivity index (χ4n) is 4.68. The quantitative estimate of drug-likeness (QED) is 0.285. The van der Waals surface area contributed by atoms with Gasteiger partial charge in [-0.15, -0.1) is 0 Å². The highest BCUT2D eigenvalue weighted by atomic mass is 16.5. The number of H-pyrrole nitrogens is 1. The van der Waals surface area contributed by atoms with Crippen molar-refractivity contribution in [2.75, 3.05) is 38.2 Å². The van der Waals surface area contributed by atoms with Crippen LogP contribution in [0, 0.1) is 6.92 Å². The Morgan fingerprint density at radius 1 is 1.00 bits per heavy atom. The molecular weight excluding hydrogens is 474 g/mol. The fraction of sp³-hybridized carbons (Fsp3) is 0.240. The van der Waals surface area contributed by atoms with E-state index < -0.39 is 11.7 Å². The minimum atomic E-state index is -0.614. The first-order chi connectivity index (χ1) is 18.0. The minimum Gasteiger partial charge on any atom is -0.494 e. The summed E-state index contributed by atoms with van der Waals surface area (Å²) in [4.78, 5) is 50.8. The van der Waals surface area contributed by atoms with Gasteiger partial charge >= 0.3 is 0 Å². The van der Waals surface area contributed by atoms with E-state index in [0.29, 0.717) is 54.5 Å². The molecule has 0 unspecified atom stereocenters. The normalized spacial score (nSPS) is 13.9. The van der Waals surface area contributed by atoms with Crippen molar-refractivity contribution in [3.05, 3.63) is 60.7 Å². The van der Waals surface area contributed by atoms with Gasteiger partial charge in [0, 0.05) is 37.8 Å². The Hall–Kier alpha value is -4.87. The molecule has 12 nitrogen and oxygen atoms in total. The number of Topliss-reactive ketones (excluding diaryl/α,β-unsaturated/α-hetero) is 1. The maximum atomic E-state index is 13.4. The van der Waals surface area contributed by atoms with Crippen LogP contribution in [0.3, 0.4) is 0 Å². The maximum absolute atomic E-state index is 13.4. The number of aromatic amines is 1. The Bertz CT molecular complexity index is 1640. The third-order valence-corrected chi connectivity index (χ3v) is 6.52. The molecule has 1 saturated heterocycles. The lowest BCUT2D eigenvalue weighted by atomic mass is 10.1. The Morgan fingerprint density at radius 3 is 2.57 bits per heavy atom. The van der Waals surface area contributed by atoms with Crippen LogP contribution in [0.15, 0.2) is 49.3 Å². The highest BCUT2D eigenvalue weighted by Crippen LogP contribution is 2.32. The molecule has 5 aromatic rings. The van der Waals surface area contributed by atoms with Crippen molar-refractivity contribution in [3.63, 3.8) is 0 Å². The van der Waals surface area contributed by atoms with E-state index in [-0.39, 0.29) is 5.56 Å². The number of methoxy groups -OCH3 is 1. The van der Waals surface area contributed by atoms with Crippen LogP contribution in [-0.4, -0.2) is 84.6 Å². The van der Waals surface area contributed by atoms with Crippen molar-refractivity contribution in [2.24, 2.45) is 0 Å². The van der Waals surface area contributed by atoms with E-state index in [1.54, 1.807) is 18.2 Å². The van der Waals surface area contributed by atoms with E-state index in [1.165, 1.54) is 30.5 Å². The Kier molecular flexibility index (Phi) is 5.48. The van der Waals surface area contributed by atoms with Crippen LogP contribution < -0.4 is 9.64 Å². The van der Waals surface area contributed by atoms with E-state index in [1.807, 2.05) is 24.3 Å². The van der Waals surface area contributed by atoms with Crippen LogP contribution in [0.4, 0.5) is 5.82 Å². The molecule has 5 heterocycles. The maximum Gasteiger partial charge on any atom is 0.295 e. The van der Waals surface area contributed by atoms with Crippen molar-refractivity contribution in [1.29, 1.82) is 0 Å². The van der Waals surface area contributed by atoms with Gasteiger partial charge in [-0.3, -0.25) is 9.59 Å². The molecule has 0 atom stereocenters. The Morgan fingerprint density at radius 2 is 1.81 bits per heavy atom. The largest absolute Gasteiger partial charge is 0.494 e. The number of piperazine rings is 1.